The Hall–Kier alpha value is -1.17. The van der Waals surface area contributed by atoms with Gasteiger partial charge >= 0.3 is 0 Å². The van der Waals surface area contributed by atoms with Gasteiger partial charge in [0.1, 0.15) is 12.2 Å². The van der Waals surface area contributed by atoms with E-state index in [4.69, 9.17) is 9.47 Å². The number of methoxy groups -OCH3 is 2. The minimum atomic E-state index is 0.117. The third-order valence-electron chi connectivity index (χ3n) is 3.75. The molecule has 112 valence electrons. The first kappa shape index (κ1) is 15.2. The smallest absolute Gasteiger partial charge is 0.102 e. The molecule has 1 aliphatic heterocycles. The van der Waals surface area contributed by atoms with Crippen LogP contribution in [0.4, 0.5) is 5.69 Å². The van der Waals surface area contributed by atoms with Gasteiger partial charge in [0.25, 0.3) is 0 Å². The molecule has 1 N–H and O–H groups in total. The van der Waals surface area contributed by atoms with Gasteiger partial charge in [-0.25, -0.2) is 0 Å². The first-order valence-corrected chi connectivity index (χ1v) is 7.12. The number of hydrogen-bond donors (Lipinski definition) is 1. The van der Waals surface area contributed by atoms with Crippen LogP contribution in [0.1, 0.15) is 19.4 Å². The van der Waals surface area contributed by atoms with Gasteiger partial charge in [-0.3, -0.25) is 4.98 Å². The molecule has 0 spiro atoms. The van der Waals surface area contributed by atoms with Gasteiger partial charge in [0, 0.05) is 46.1 Å². The summed E-state index contributed by atoms with van der Waals surface area (Å²) in [4.78, 5) is 6.57. The largest absolute Gasteiger partial charge is 0.377 e. The number of pyridine rings is 1. The van der Waals surface area contributed by atoms with Gasteiger partial charge in [-0.15, -0.1) is 0 Å². The van der Waals surface area contributed by atoms with Crippen molar-refractivity contribution in [2.75, 3.05) is 32.2 Å². The maximum Gasteiger partial charge on any atom is 0.102 e. The van der Waals surface area contributed by atoms with Gasteiger partial charge in [-0.05, 0) is 11.6 Å². The molecule has 1 saturated heterocycles. The first-order chi connectivity index (χ1) is 9.65. The van der Waals surface area contributed by atoms with Gasteiger partial charge in [0.05, 0.1) is 11.9 Å². The fourth-order valence-corrected chi connectivity index (χ4v) is 2.56. The summed E-state index contributed by atoms with van der Waals surface area (Å²) in [5, 5.41) is 3.46. The quantitative estimate of drug-likeness (QED) is 0.853. The van der Waals surface area contributed by atoms with Crippen molar-refractivity contribution in [3.8, 4) is 0 Å². The van der Waals surface area contributed by atoms with E-state index in [0.717, 1.165) is 19.6 Å². The van der Waals surface area contributed by atoms with Crippen molar-refractivity contribution in [3.63, 3.8) is 0 Å². The normalized spacial score (nSPS) is 22.8. The topological polar surface area (TPSA) is 46.6 Å². The van der Waals surface area contributed by atoms with Crippen LogP contribution in [0, 0.1) is 0 Å². The summed E-state index contributed by atoms with van der Waals surface area (Å²) < 4.78 is 11.0. The summed E-state index contributed by atoms with van der Waals surface area (Å²) in [6.07, 6.45) is 4.01. The number of aromatic nitrogens is 1. The van der Waals surface area contributed by atoms with Crippen LogP contribution in [-0.2, 0) is 16.0 Å². The number of nitrogens with zero attached hydrogens (tertiary/aromatic N) is 2. The van der Waals surface area contributed by atoms with Crippen molar-refractivity contribution in [2.24, 2.45) is 0 Å². The lowest BCUT2D eigenvalue weighted by Crippen LogP contribution is -2.27. The molecule has 1 aromatic heterocycles. The molecule has 5 nitrogen and oxygen atoms in total. The van der Waals surface area contributed by atoms with E-state index in [1.165, 1.54) is 11.3 Å². The lowest BCUT2D eigenvalue weighted by atomic mass is 10.2. The molecule has 20 heavy (non-hydrogen) atoms. The highest BCUT2D eigenvalue weighted by atomic mass is 16.5. The maximum absolute atomic E-state index is 5.50. The molecule has 1 aromatic rings. The van der Waals surface area contributed by atoms with Crippen molar-refractivity contribution in [3.05, 3.63) is 24.0 Å². The van der Waals surface area contributed by atoms with Gasteiger partial charge in [-0.2, -0.15) is 0 Å². The maximum atomic E-state index is 5.50. The van der Waals surface area contributed by atoms with E-state index in [1.807, 2.05) is 12.4 Å². The van der Waals surface area contributed by atoms with Gasteiger partial charge in [0.15, 0.2) is 0 Å². The molecule has 0 saturated carbocycles. The second-order valence-corrected chi connectivity index (χ2v) is 5.49. The van der Waals surface area contributed by atoms with Crippen LogP contribution in [0.15, 0.2) is 18.5 Å². The number of anilines is 1. The van der Waals surface area contributed by atoms with E-state index in [2.05, 4.69) is 35.1 Å². The second-order valence-electron chi connectivity index (χ2n) is 5.49. The SMILES string of the molecule is COC1CN(c2cnccc2CNC(C)C)CC1OC. The van der Waals surface area contributed by atoms with E-state index >= 15 is 0 Å². The summed E-state index contributed by atoms with van der Waals surface area (Å²) in [5.41, 5.74) is 2.43. The zero-order valence-electron chi connectivity index (χ0n) is 12.8. The monoisotopic (exact) mass is 279 g/mol. The highest BCUT2D eigenvalue weighted by Gasteiger charge is 2.33. The molecule has 1 aliphatic rings. The van der Waals surface area contributed by atoms with Crippen molar-refractivity contribution < 1.29 is 9.47 Å². The minimum absolute atomic E-state index is 0.117. The van der Waals surface area contributed by atoms with Crippen molar-refractivity contribution in [1.29, 1.82) is 0 Å². The van der Waals surface area contributed by atoms with E-state index in [-0.39, 0.29) is 12.2 Å². The van der Waals surface area contributed by atoms with E-state index in [0.29, 0.717) is 6.04 Å². The Morgan fingerprint density at radius 2 is 1.95 bits per heavy atom. The molecular formula is C15H25N3O2. The van der Waals surface area contributed by atoms with Crippen molar-refractivity contribution in [2.45, 2.75) is 38.6 Å². The third-order valence-corrected chi connectivity index (χ3v) is 3.75. The van der Waals surface area contributed by atoms with Crippen LogP contribution in [-0.4, -0.2) is 50.5 Å². The second kappa shape index (κ2) is 7.02. The van der Waals surface area contributed by atoms with Crippen LogP contribution in [0.2, 0.25) is 0 Å². The number of hydrogen-bond acceptors (Lipinski definition) is 5. The Labute approximate surface area is 121 Å². The zero-order valence-corrected chi connectivity index (χ0v) is 12.8. The zero-order chi connectivity index (χ0) is 14.5. The Bertz CT molecular complexity index is 413. The lowest BCUT2D eigenvalue weighted by molar-refractivity contribution is -0.00461. The van der Waals surface area contributed by atoms with Crippen LogP contribution in [0.3, 0.4) is 0 Å². The highest BCUT2D eigenvalue weighted by molar-refractivity contribution is 5.53. The fourth-order valence-electron chi connectivity index (χ4n) is 2.56. The molecule has 0 aromatic carbocycles. The molecule has 0 bridgehead atoms. The van der Waals surface area contributed by atoms with Crippen LogP contribution < -0.4 is 10.2 Å². The number of rotatable bonds is 6. The number of ether oxygens (including phenoxy) is 2. The molecule has 2 atom stereocenters. The van der Waals surface area contributed by atoms with Gasteiger partial charge in [-0.1, -0.05) is 13.8 Å². The van der Waals surface area contributed by atoms with Crippen LogP contribution >= 0.6 is 0 Å². The third kappa shape index (κ3) is 3.48. The Morgan fingerprint density at radius 1 is 1.30 bits per heavy atom. The van der Waals surface area contributed by atoms with Gasteiger partial charge in [0.2, 0.25) is 0 Å². The van der Waals surface area contributed by atoms with Gasteiger partial charge < -0.3 is 19.7 Å². The van der Waals surface area contributed by atoms with E-state index < -0.39 is 0 Å². The summed E-state index contributed by atoms with van der Waals surface area (Å²) in [5.74, 6) is 0. The Balaban J connectivity index is 2.12. The van der Waals surface area contributed by atoms with E-state index in [9.17, 15) is 0 Å². The summed E-state index contributed by atoms with van der Waals surface area (Å²) >= 11 is 0. The molecule has 2 unspecified atom stereocenters. The minimum Gasteiger partial charge on any atom is -0.377 e. The summed E-state index contributed by atoms with van der Waals surface area (Å²) in [6.45, 7) is 6.84. The number of nitrogens with one attached hydrogen (secondary N) is 1. The predicted molar refractivity (Wildman–Crippen MR) is 80.0 cm³/mol. The van der Waals surface area contributed by atoms with E-state index in [1.54, 1.807) is 14.2 Å². The van der Waals surface area contributed by atoms with Crippen molar-refractivity contribution >= 4 is 5.69 Å². The average molecular weight is 279 g/mol. The summed E-state index contributed by atoms with van der Waals surface area (Å²) in [7, 11) is 3.48. The molecule has 0 radical (unpaired) electrons. The molecule has 2 rings (SSSR count). The molecule has 1 fully saturated rings. The molecule has 5 heteroatoms. The lowest BCUT2D eigenvalue weighted by Gasteiger charge is -2.22. The standard InChI is InChI=1S/C15H25N3O2/c1-11(2)17-7-12-5-6-16-8-13(12)18-9-14(19-3)15(10-18)20-4/h5-6,8,11,14-15,17H,7,9-10H2,1-4H3. The van der Waals surface area contributed by atoms with Crippen LogP contribution in [0.5, 0.6) is 0 Å². The predicted octanol–water partition coefficient (Wildman–Crippen LogP) is 1.43. The highest BCUT2D eigenvalue weighted by Crippen LogP contribution is 2.26. The molecular weight excluding hydrogens is 254 g/mol. The average Bonchev–Trinajstić information content (AvgIpc) is 2.88. The van der Waals surface area contributed by atoms with Crippen molar-refractivity contribution in [1.82, 2.24) is 10.3 Å². The molecule has 2 heterocycles. The molecule has 0 amide bonds. The summed E-state index contributed by atoms with van der Waals surface area (Å²) in [6, 6.07) is 2.54. The van der Waals surface area contributed by atoms with Crippen LogP contribution in [0.25, 0.3) is 0 Å². The Morgan fingerprint density at radius 3 is 2.50 bits per heavy atom. The Kier molecular flexibility index (Phi) is 5.34. The first-order valence-electron chi connectivity index (χ1n) is 7.12. The fraction of sp³-hybridized carbons (Fsp3) is 0.667. The molecule has 0 aliphatic carbocycles.